The number of halogens is 1. The number of fused-ring (bicyclic) bond motifs is 1. The van der Waals surface area contributed by atoms with Gasteiger partial charge in [-0.25, -0.2) is 4.39 Å². The van der Waals surface area contributed by atoms with Crippen molar-refractivity contribution in [2.75, 3.05) is 6.61 Å². The monoisotopic (exact) mass is 366 g/mol. The Morgan fingerprint density at radius 1 is 1.26 bits per heavy atom. The number of para-hydroxylation sites is 1. The number of rotatable bonds is 5. The Morgan fingerprint density at radius 2 is 2.04 bits per heavy atom. The highest BCUT2D eigenvalue weighted by Gasteiger charge is 2.29. The maximum atomic E-state index is 13.3. The van der Waals surface area contributed by atoms with Gasteiger partial charge in [0.25, 0.3) is 0 Å². The molecule has 1 aromatic heterocycles. The van der Waals surface area contributed by atoms with Gasteiger partial charge in [0.2, 0.25) is 5.91 Å². The number of aromatic nitrogens is 1. The molecule has 0 spiro atoms. The molecule has 0 saturated carbocycles. The molecule has 1 aliphatic heterocycles. The van der Waals surface area contributed by atoms with Crippen LogP contribution in [0.25, 0.3) is 10.9 Å². The average Bonchev–Trinajstić information content (AvgIpc) is 3.30. The van der Waals surface area contributed by atoms with Gasteiger partial charge in [-0.05, 0) is 49.1 Å². The summed E-state index contributed by atoms with van der Waals surface area (Å²) in [6.45, 7) is 2.98. The number of hydrogen-bond acceptors (Lipinski definition) is 2. The minimum Gasteiger partial charge on any atom is -0.376 e. The van der Waals surface area contributed by atoms with E-state index in [9.17, 15) is 9.18 Å². The number of amides is 1. The molecule has 1 N–H and O–H groups in total. The Hall–Kier alpha value is -2.66. The number of nitrogens with zero attached hydrogens (tertiary/aromatic N) is 1. The number of carbonyl (C=O) groups is 1. The van der Waals surface area contributed by atoms with E-state index in [1.165, 1.54) is 12.1 Å². The third-order valence-corrected chi connectivity index (χ3v) is 5.18. The Labute approximate surface area is 157 Å². The van der Waals surface area contributed by atoms with Gasteiger partial charge in [0.05, 0.1) is 12.1 Å². The van der Waals surface area contributed by atoms with Crippen LogP contribution in [0.3, 0.4) is 0 Å². The highest BCUT2D eigenvalue weighted by molar-refractivity contribution is 5.86. The molecule has 1 fully saturated rings. The highest BCUT2D eigenvalue weighted by Crippen LogP contribution is 2.27. The van der Waals surface area contributed by atoms with Crippen molar-refractivity contribution >= 4 is 16.8 Å². The van der Waals surface area contributed by atoms with E-state index in [1.807, 2.05) is 35.9 Å². The van der Waals surface area contributed by atoms with E-state index >= 15 is 0 Å². The molecule has 1 aliphatic rings. The maximum Gasteiger partial charge on any atom is 0.240 e. The maximum absolute atomic E-state index is 13.3. The van der Waals surface area contributed by atoms with E-state index in [1.54, 1.807) is 12.1 Å². The molecule has 1 saturated heterocycles. The van der Waals surface area contributed by atoms with Crippen LogP contribution in [0.2, 0.25) is 0 Å². The Morgan fingerprint density at radius 3 is 2.78 bits per heavy atom. The number of benzene rings is 2. The van der Waals surface area contributed by atoms with Gasteiger partial charge in [-0.15, -0.1) is 0 Å². The molecule has 0 bridgehead atoms. The second kappa shape index (κ2) is 7.53. The SMILES string of the molecule is Cc1cn(CC(=O)N[C@H](c2ccc(F)cc2)[C@@H]2CCCO2)c2ccccc12. The van der Waals surface area contributed by atoms with Gasteiger partial charge in [-0.3, -0.25) is 4.79 Å². The van der Waals surface area contributed by atoms with Gasteiger partial charge in [-0.2, -0.15) is 0 Å². The molecule has 2 heterocycles. The zero-order chi connectivity index (χ0) is 18.8. The van der Waals surface area contributed by atoms with Crippen molar-refractivity contribution < 1.29 is 13.9 Å². The van der Waals surface area contributed by atoms with Gasteiger partial charge in [-0.1, -0.05) is 30.3 Å². The third-order valence-electron chi connectivity index (χ3n) is 5.18. The summed E-state index contributed by atoms with van der Waals surface area (Å²) >= 11 is 0. The number of ether oxygens (including phenoxy) is 1. The third kappa shape index (κ3) is 3.74. The first kappa shape index (κ1) is 17.7. The van der Waals surface area contributed by atoms with E-state index in [2.05, 4.69) is 11.4 Å². The van der Waals surface area contributed by atoms with Gasteiger partial charge in [0.15, 0.2) is 0 Å². The summed E-state index contributed by atoms with van der Waals surface area (Å²) < 4.78 is 21.1. The Bertz CT molecular complexity index is 943. The van der Waals surface area contributed by atoms with Crippen molar-refractivity contribution in [3.05, 3.63) is 71.7 Å². The molecule has 4 rings (SSSR count). The van der Waals surface area contributed by atoms with Gasteiger partial charge in [0.1, 0.15) is 12.4 Å². The minimum absolute atomic E-state index is 0.0810. The molecular weight excluding hydrogens is 343 g/mol. The largest absolute Gasteiger partial charge is 0.376 e. The van der Waals surface area contributed by atoms with Crippen molar-refractivity contribution in [1.29, 1.82) is 0 Å². The van der Waals surface area contributed by atoms with Gasteiger partial charge < -0.3 is 14.6 Å². The summed E-state index contributed by atoms with van der Waals surface area (Å²) in [7, 11) is 0. The molecule has 0 unspecified atom stereocenters. The zero-order valence-corrected chi connectivity index (χ0v) is 15.3. The average molecular weight is 366 g/mol. The predicted molar refractivity (Wildman–Crippen MR) is 103 cm³/mol. The molecule has 5 heteroatoms. The second-order valence-corrected chi connectivity index (χ2v) is 7.11. The molecule has 0 radical (unpaired) electrons. The van der Waals surface area contributed by atoms with Crippen LogP contribution in [0.15, 0.2) is 54.7 Å². The normalized spacial score (nSPS) is 17.9. The van der Waals surface area contributed by atoms with E-state index in [0.717, 1.165) is 34.9 Å². The summed E-state index contributed by atoms with van der Waals surface area (Å²) in [6.07, 6.45) is 3.78. The fourth-order valence-corrected chi connectivity index (χ4v) is 3.86. The molecule has 4 nitrogen and oxygen atoms in total. The van der Waals surface area contributed by atoms with Crippen molar-refractivity contribution in [1.82, 2.24) is 9.88 Å². The van der Waals surface area contributed by atoms with Crippen LogP contribution in [-0.2, 0) is 16.1 Å². The number of hydrogen-bond donors (Lipinski definition) is 1. The van der Waals surface area contributed by atoms with Crippen LogP contribution in [0.4, 0.5) is 4.39 Å². The van der Waals surface area contributed by atoms with E-state index in [0.29, 0.717) is 6.61 Å². The number of nitrogens with one attached hydrogen (secondary N) is 1. The van der Waals surface area contributed by atoms with Crippen LogP contribution >= 0.6 is 0 Å². The topological polar surface area (TPSA) is 43.3 Å². The first-order valence-corrected chi connectivity index (χ1v) is 9.33. The summed E-state index contributed by atoms with van der Waals surface area (Å²) in [4.78, 5) is 12.8. The van der Waals surface area contributed by atoms with Crippen LogP contribution in [0.1, 0.15) is 30.0 Å². The quantitative estimate of drug-likeness (QED) is 0.738. The molecule has 0 aliphatic carbocycles. The van der Waals surface area contributed by atoms with Crippen molar-refractivity contribution in [3.8, 4) is 0 Å². The molecular formula is C22H23FN2O2. The lowest BCUT2D eigenvalue weighted by Crippen LogP contribution is -2.37. The molecule has 3 aromatic rings. The standard InChI is InChI=1S/C22H23FN2O2/c1-15-13-25(19-6-3-2-5-18(15)19)14-21(26)24-22(20-7-4-12-27-20)16-8-10-17(23)11-9-16/h2-3,5-6,8-11,13,20,22H,4,7,12,14H2,1H3,(H,24,26)/t20-,22+/m0/s1. The molecule has 140 valence electrons. The summed E-state index contributed by atoms with van der Waals surface area (Å²) in [5, 5.41) is 4.26. The highest BCUT2D eigenvalue weighted by atomic mass is 19.1. The first-order valence-electron chi connectivity index (χ1n) is 9.33. The van der Waals surface area contributed by atoms with Crippen molar-refractivity contribution in [2.24, 2.45) is 0 Å². The number of carbonyl (C=O) groups excluding carboxylic acids is 1. The van der Waals surface area contributed by atoms with Crippen LogP contribution < -0.4 is 5.32 Å². The van der Waals surface area contributed by atoms with E-state index in [4.69, 9.17) is 4.74 Å². The van der Waals surface area contributed by atoms with E-state index in [-0.39, 0.29) is 30.4 Å². The second-order valence-electron chi connectivity index (χ2n) is 7.11. The van der Waals surface area contributed by atoms with Crippen LogP contribution in [0, 0.1) is 12.7 Å². The summed E-state index contributed by atoms with van der Waals surface area (Å²) in [6, 6.07) is 14.1. The Kier molecular flexibility index (Phi) is 4.94. The van der Waals surface area contributed by atoms with Crippen molar-refractivity contribution in [3.63, 3.8) is 0 Å². The van der Waals surface area contributed by atoms with E-state index < -0.39 is 0 Å². The summed E-state index contributed by atoms with van der Waals surface area (Å²) in [5.41, 5.74) is 3.05. The fourth-order valence-electron chi connectivity index (χ4n) is 3.86. The molecule has 2 atom stereocenters. The van der Waals surface area contributed by atoms with Gasteiger partial charge >= 0.3 is 0 Å². The number of aryl methyl sites for hydroxylation is 1. The minimum atomic E-state index is -0.287. The molecule has 27 heavy (non-hydrogen) atoms. The smallest absolute Gasteiger partial charge is 0.240 e. The summed E-state index contributed by atoms with van der Waals surface area (Å²) in [5.74, 6) is -0.369. The van der Waals surface area contributed by atoms with Gasteiger partial charge in [0, 0.05) is 23.7 Å². The van der Waals surface area contributed by atoms with Crippen molar-refractivity contribution in [2.45, 2.75) is 38.5 Å². The lowest BCUT2D eigenvalue weighted by atomic mass is 9.99. The fraction of sp³-hybridized carbons (Fsp3) is 0.318. The molecule has 2 aromatic carbocycles. The lowest BCUT2D eigenvalue weighted by molar-refractivity contribution is -0.123. The molecule has 1 amide bonds. The predicted octanol–water partition coefficient (Wildman–Crippen LogP) is 4.13. The zero-order valence-electron chi connectivity index (χ0n) is 15.3. The Balaban J connectivity index is 1.55. The lowest BCUT2D eigenvalue weighted by Gasteiger charge is -2.25. The first-order chi connectivity index (χ1) is 13.1. The van der Waals surface area contributed by atoms with Crippen LogP contribution in [0.5, 0.6) is 0 Å². The van der Waals surface area contributed by atoms with Crippen LogP contribution in [-0.4, -0.2) is 23.2 Å².